The van der Waals surface area contributed by atoms with Crippen LogP contribution >= 0.6 is 11.6 Å². The van der Waals surface area contributed by atoms with Crippen molar-refractivity contribution in [1.82, 2.24) is 14.5 Å². The lowest BCUT2D eigenvalue weighted by atomic mass is 10.1. The number of rotatable bonds is 5. The third-order valence-electron chi connectivity index (χ3n) is 3.13. The molecule has 6 heteroatoms. The molecule has 5 nitrogen and oxygen atoms in total. The number of H-pyrrole nitrogens is 1. The van der Waals surface area contributed by atoms with E-state index in [9.17, 15) is 9.59 Å². The normalized spacial score (nSPS) is 13.3. The van der Waals surface area contributed by atoms with Crippen LogP contribution in [-0.2, 0) is 0 Å². The zero-order valence-electron chi connectivity index (χ0n) is 12.2. The van der Waals surface area contributed by atoms with Crippen molar-refractivity contribution in [2.45, 2.75) is 39.2 Å². The number of hydrogen-bond donors (Lipinski definition) is 1. The molecule has 0 aliphatic heterocycles. The molecule has 108 valence electrons. The molecule has 0 bridgehead atoms. The quantitative estimate of drug-likeness (QED) is 0.841. The molecule has 1 N–H and O–H groups in total. The fourth-order valence-electron chi connectivity index (χ4n) is 2.01. The van der Waals surface area contributed by atoms with Gasteiger partial charge in [-0.05, 0) is 39.9 Å². The van der Waals surface area contributed by atoms with E-state index in [2.05, 4.69) is 4.98 Å². The van der Waals surface area contributed by atoms with E-state index in [1.165, 1.54) is 4.57 Å². The molecule has 1 atom stereocenters. The number of nitrogens with zero attached hydrogens (tertiary/aromatic N) is 2. The van der Waals surface area contributed by atoms with Crippen molar-refractivity contribution >= 4 is 11.6 Å². The lowest BCUT2D eigenvalue weighted by Crippen LogP contribution is -2.40. The zero-order valence-corrected chi connectivity index (χ0v) is 12.9. The maximum absolute atomic E-state index is 12.4. The predicted octanol–water partition coefficient (Wildman–Crippen LogP) is 1.83. The molecule has 1 rings (SSSR count). The van der Waals surface area contributed by atoms with Crippen LogP contribution in [0.15, 0.2) is 9.59 Å². The maximum atomic E-state index is 12.4. The van der Waals surface area contributed by atoms with Gasteiger partial charge in [-0.15, -0.1) is 0 Å². The summed E-state index contributed by atoms with van der Waals surface area (Å²) >= 11 is 5.96. The van der Waals surface area contributed by atoms with Gasteiger partial charge in [0.15, 0.2) is 0 Å². The fraction of sp³-hybridized carbons (Fsp3) is 0.692. The van der Waals surface area contributed by atoms with E-state index in [4.69, 9.17) is 11.6 Å². The van der Waals surface area contributed by atoms with Gasteiger partial charge in [0, 0.05) is 6.04 Å². The summed E-state index contributed by atoms with van der Waals surface area (Å²) in [5.41, 5.74) is -0.251. The Hall–Kier alpha value is -1.07. The van der Waals surface area contributed by atoms with Crippen LogP contribution < -0.4 is 11.2 Å². The molecule has 0 saturated carbocycles. The summed E-state index contributed by atoms with van der Waals surface area (Å²) in [5.74, 6) is -0.0239. The molecule has 1 aromatic rings. The van der Waals surface area contributed by atoms with Crippen LogP contribution in [0.4, 0.5) is 0 Å². The molecule has 0 amide bonds. The molecule has 0 aliphatic carbocycles. The Morgan fingerprint density at radius 1 is 1.26 bits per heavy atom. The van der Waals surface area contributed by atoms with Crippen LogP contribution in [0, 0.1) is 0 Å². The van der Waals surface area contributed by atoms with Crippen molar-refractivity contribution in [2.24, 2.45) is 0 Å². The second-order valence-electron chi connectivity index (χ2n) is 5.43. The van der Waals surface area contributed by atoms with Crippen LogP contribution in [0.5, 0.6) is 0 Å². The highest BCUT2D eigenvalue weighted by atomic mass is 35.5. The smallest absolute Gasteiger partial charge is 0.309 e. The summed E-state index contributed by atoms with van der Waals surface area (Å²) in [5, 5.41) is 0.154. The Bertz CT molecular complexity index is 546. The van der Waals surface area contributed by atoms with E-state index >= 15 is 0 Å². The van der Waals surface area contributed by atoms with Gasteiger partial charge in [0.2, 0.25) is 0 Å². The monoisotopic (exact) mass is 287 g/mol. The number of halogens is 1. The van der Waals surface area contributed by atoms with Gasteiger partial charge in [-0.25, -0.2) is 4.79 Å². The van der Waals surface area contributed by atoms with E-state index in [1.54, 1.807) is 0 Å². The molecular weight excluding hydrogens is 266 g/mol. The minimum absolute atomic E-state index is 0.0239. The molecule has 0 fully saturated rings. The first-order valence-electron chi connectivity index (χ1n) is 6.44. The van der Waals surface area contributed by atoms with Crippen LogP contribution in [0.1, 0.15) is 44.7 Å². The van der Waals surface area contributed by atoms with Gasteiger partial charge < -0.3 is 4.90 Å². The van der Waals surface area contributed by atoms with Gasteiger partial charge >= 0.3 is 5.69 Å². The number of aromatic amines is 1. The Kier molecular flexibility index (Phi) is 5.38. The summed E-state index contributed by atoms with van der Waals surface area (Å²) in [6, 6.07) is -0.159. The molecule has 19 heavy (non-hydrogen) atoms. The highest BCUT2D eigenvalue weighted by molar-refractivity contribution is 6.30. The van der Waals surface area contributed by atoms with Gasteiger partial charge in [0.1, 0.15) is 5.15 Å². The highest BCUT2D eigenvalue weighted by Gasteiger charge is 2.18. The van der Waals surface area contributed by atoms with Crippen molar-refractivity contribution in [3.05, 3.63) is 31.6 Å². The van der Waals surface area contributed by atoms with E-state index in [-0.39, 0.29) is 22.7 Å². The Balaban J connectivity index is 3.25. The van der Waals surface area contributed by atoms with Crippen molar-refractivity contribution < 1.29 is 0 Å². The summed E-state index contributed by atoms with van der Waals surface area (Å²) in [6.45, 7) is 6.45. The topological polar surface area (TPSA) is 58.1 Å². The third-order valence-corrected chi connectivity index (χ3v) is 3.43. The first kappa shape index (κ1) is 16.0. The van der Waals surface area contributed by atoms with E-state index in [0.29, 0.717) is 5.56 Å². The molecule has 1 aromatic heterocycles. The molecular formula is C13H22ClN3O2. The lowest BCUT2D eigenvalue weighted by Gasteiger charge is -2.18. The maximum Gasteiger partial charge on any atom is 0.329 e. The summed E-state index contributed by atoms with van der Waals surface area (Å²) in [6.07, 6.45) is 0.731. The van der Waals surface area contributed by atoms with Crippen molar-refractivity contribution in [2.75, 3.05) is 20.6 Å². The van der Waals surface area contributed by atoms with Crippen LogP contribution in [0.3, 0.4) is 0 Å². The fourth-order valence-corrected chi connectivity index (χ4v) is 2.39. The van der Waals surface area contributed by atoms with Gasteiger partial charge in [0.25, 0.3) is 5.56 Å². The van der Waals surface area contributed by atoms with Crippen LogP contribution in [0.2, 0.25) is 5.15 Å². The molecule has 0 radical (unpaired) electrons. The molecule has 1 heterocycles. The molecule has 0 aliphatic rings. The van der Waals surface area contributed by atoms with Crippen molar-refractivity contribution in [3.63, 3.8) is 0 Å². The average Bonchev–Trinajstić information content (AvgIpc) is 2.24. The molecule has 0 aromatic carbocycles. The largest absolute Gasteiger partial charge is 0.329 e. The van der Waals surface area contributed by atoms with Gasteiger partial charge in [-0.3, -0.25) is 14.3 Å². The van der Waals surface area contributed by atoms with Crippen LogP contribution in [-0.4, -0.2) is 35.1 Å². The Morgan fingerprint density at radius 3 is 2.32 bits per heavy atom. The number of aromatic nitrogens is 2. The second kappa shape index (κ2) is 6.39. The summed E-state index contributed by atoms with van der Waals surface area (Å²) in [7, 11) is 3.92. The standard InChI is InChI=1S/C13H22ClN3O2/c1-8(2)10-11(14)15-13(19)17(12(10)18)9(3)6-7-16(4)5/h8-9H,6-7H2,1-5H3,(H,15,19). The van der Waals surface area contributed by atoms with Gasteiger partial charge in [0.05, 0.1) is 5.56 Å². The van der Waals surface area contributed by atoms with Gasteiger partial charge in [-0.1, -0.05) is 25.4 Å². The lowest BCUT2D eigenvalue weighted by molar-refractivity contribution is 0.349. The van der Waals surface area contributed by atoms with Crippen molar-refractivity contribution in [3.8, 4) is 0 Å². The van der Waals surface area contributed by atoms with E-state index in [0.717, 1.165) is 13.0 Å². The summed E-state index contributed by atoms with van der Waals surface area (Å²) in [4.78, 5) is 28.9. The minimum atomic E-state index is -0.439. The van der Waals surface area contributed by atoms with E-state index in [1.807, 2.05) is 39.8 Å². The first-order chi connectivity index (χ1) is 8.75. The third kappa shape index (κ3) is 3.70. The molecule has 0 spiro atoms. The van der Waals surface area contributed by atoms with Crippen molar-refractivity contribution in [1.29, 1.82) is 0 Å². The first-order valence-corrected chi connectivity index (χ1v) is 6.82. The second-order valence-corrected chi connectivity index (χ2v) is 5.81. The average molecular weight is 288 g/mol. The Morgan fingerprint density at radius 2 is 1.84 bits per heavy atom. The molecule has 1 unspecified atom stereocenters. The highest BCUT2D eigenvalue weighted by Crippen LogP contribution is 2.17. The summed E-state index contributed by atoms with van der Waals surface area (Å²) < 4.78 is 1.27. The predicted molar refractivity (Wildman–Crippen MR) is 78.3 cm³/mol. The Labute approximate surface area is 118 Å². The number of hydrogen-bond acceptors (Lipinski definition) is 3. The van der Waals surface area contributed by atoms with Crippen LogP contribution in [0.25, 0.3) is 0 Å². The SMILES string of the molecule is CC(C)c1c(Cl)[nH]c(=O)n(C(C)CCN(C)C)c1=O. The zero-order chi connectivity index (χ0) is 14.7. The minimum Gasteiger partial charge on any atom is -0.309 e. The number of nitrogens with one attached hydrogen (secondary N) is 1. The van der Waals surface area contributed by atoms with Gasteiger partial charge in [-0.2, -0.15) is 0 Å². The van der Waals surface area contributed by atoms with E-state index < -0.39 is 5.69 Å². The molecule has 0 saturated heterocycles.